The smallest absolute Gasteiger partial charge is 0.0701 e. The highest BCUT2D eigenvalue weighted by molar-refractivity contribution is 4.35. The van der Waals surface area contributed by atoms with E-state index < -0.39 is 0 Å². The number of hydrogen-bond acceptors (Lipinski definition) is 8. The molecule has 0 atom stereocenters. The molecule has 0 saturated carbocycles. The second kappa shape index (κ2) is 24.7. The largest absolute Gasteiger partial charge is 0.400 e. The Bertz CT molecular complexity index is 143. The van der Waals surface area contributed by atoms with E-state index in [1.807, 2.05) is 0 Å². The SMILES string of the molecule is CO.OCCOCCOCCOCCOCCOCCO. The third-order valence-electron chi connectivity index (χ3n) is 1.96. The summed E-state index contributed by atoms with van der Waals surface area (Å²) in [7, 11) is 1.00. The van der Waals surface area contributed by atoms with Crippen molar-refractivity contribution in [2.24, 2.45) is 0 Å². The molecule has 0 heterocycles. The van der Waals surface area contributed by atoms with Gasteiger partial charge >= 0.3 is 0 Å². The fraction of sp³-hybridized carbons (Fsp3) is 1.00. The van der Waals surface area contributed by atoms with Crippen LogP contribution < -0.4 is 0 Å². The van der Waals surface area contributed by atoms with Crippen LogP contribution in [0.25, 0.3) is 0 Å². The molecule has 0 aliphatic heterocycles. The van der Waals surface area contributed by atoms with Crippen molar-refractivity contribution in [3.63, 3.8) is 0 Å². The summed E-state index contributed by atoms with van der Waals surface area (Å²) in [6.07, 6.45) is 0. The molecule has 130 valence electrons. The molecule has 0 saturated heterocycles. The number of aliphatic hydroxyl groups is 3. The van der Waals surface area contributed by atoms with Gasteiger partial charge in [0.05, 0.1) is 79.3 Å². The molecule has 0 bridgehead atoms. The zero-order valence-corrected chi connectivity index (χ0v) is 12.9. The van der Waals surface area contributed by atoms with Gasteiger partial charge < -0.3 is 39.0 Å². The Balaban J connectivity index is 0. The molecule has 3 N–H and O–H groups in total. The van der Waals surface area contributed by atoms with Gasteiger partial charge in [-0.25, -0.2) is 0 Å². The number of rotatable bonds is 16. The van der Waals surface area contributed by atoms with E-state index in [-0.39, 0.29) is 13.2 Å². The first kappa shape index (κ1) is 23.0. The number of aliphatic hydroxyl groups excluding tert-OH is 3. The van der Waals surface area contributed by atoms with Crippen LogP contribution in [0.5, 0.6) is 0 Å². The topological polar surface area (TPSA) is 107 Å². The van der Waals surface area contributed by atoms with Crippen molar-refractivity contribution in [2.45, 2.75) is 0 Å². The zero-order chi connectivity index (χ0) is 16.0. The predicted molar refractivity (Wildman–Crippen MR) is 76.4 cm³/mol. The molecule has 0 spiro atoms. The van der Waals surface area contributed by atoms with E-state index >= 15 is 0 Å². The van der Waals surface area contributed by atoms with Gasteiger partial charge in [0.25, 0.3) is 0 Å². The van der Waals surface area contributed by atoms with E-state index in [0.717, 1.165) is 7.11 Å². The summed E-state index contributed by atoms with van der Waals surface area (Å²) >= 11 is 0. The fourth-order valence-electron chi connectivity index (χ4n) is 1.11. The predicted octanol–water partition coefficient (Wildman–Crippen LogP) is -1.34. The maximum absolute atomic E-state index is 8.45. The third kappa shape index (κ3) is 25.0. The average molecular weight is 314 g/mol. The quantitative estimate of drug-likeness (QED) is 0.301. The average Bonchev–Trinajstić information content (AvgIpc) is 2.53. The Morgan fingerprint density at radius 2 is 0.619 bits per heavy atom. The molecular weight excluding hydrogens is 284 g/mol. The van der Waals surface area contributed by atoms with E-state index in [9.17, 15) is 0 Å². The lowest BCUT2D eigenvalue weighted by molar-refractivity contribution is -0.0151. The molecule has 0 aromatic rings. The van der Waals surface area contributed by atoms with E-state index in [1.165, 1.54) is 0 Å². The van der Waals surface area contributed by atoms with Crippen LogP contribution in [0.3, 0.4) is 0 Å². The Labute approximate surface area is 126 Å². The van der Waals surface area contributed by atoms with Gasteiger partial charge in [0.1, 0.15) is 0 Å². The van der Waals surface area contributed by atoms with Crippen LogP contribution in [0.15, 0.2) is 0 Å². The molecule has 0 aliphatic carbocycles. The van der Waals surface area contributed by atoms with Gasteiger partial charge in [-0.3, -0.25) is 0 Å². The van der Waals surface area contributed by atoms with Crippen molar-refractivity contribution in [1.82, 2.24) is 0 Å². The lowest BCUT2D eigenvalue weighted by Gasteiger charge is -2.07. The minimum absolute atomic E-state index is 0.0359. The summed E-state index contributed by atoms with van der Waals surface area (Å²) in [5, 5.41) is 23.9. The summed E-state index contributed by atoms with van der Waals surface area (Å²) in [5.74, 6) is 0. The van der Waals surface area contributed by atoms with Crippen LogP contribution in [-0.2, 0) is 23.7 Å². The first-order valence-electron chi connectivity index (χ1n) is 6.97. The molecule has 0 radical (unpaired) electrons. The molecule has 0 fully saturated rings. The maximum atomic E-state index is 8.45. The van der Waals surface area contributed by atoms with Crippen molar-refractivity contribution < 1.29 is 39.0 Å². The van der Waals surface area contributed by atoms with Crippen LogP contribution in [0.1, 0.15) is 0 Å². The Hall–Kier alpha value is -0.320. The van der Waals surface area contributed by atoms with Gasteiger partial charge in [-0.05, 0) is 0 Å². The van der Waals surface area contributed by atoms with Crippen LogP contribution in [0, 0.1) is 0 Å². The maximum Gasteiger partial charge on any atom is 0.0701 e. The summed E-state index contributed by atoms with van der Waals surface area (Å²) in [6.45, 7) is 4.80. The summed E-state index contributed by atoms with van der Waals surface area (Å²) < 4.78 is 25.8. The highest BCUT2D eigenvalue weighted by atomic mass is 16.6. The first-order chi connectivity index (χ1) is 10.4. The molecule has 8 heteroatoms. The molecule has 0 aromatic carbocycles. The van der Waals surface area contributed by atoms with Crippen LogP contribution in [0.2, 0.25) is 0 Å². The van der Waals surface area contributed by atoms with E-state index in [2.05, 4.69) is 0 Å². The first-order valence-corrected chi connectivity index (χ1v) is 6.97. The molecule has 0 amide bonds. The minimum Gasteiger partial charge on any atom is -0.400 e. The van der Waals surface area contributed by atoms with Crippen molar-refractivity contribution in [1.29, 1.82) is 0 Å². The Morgan fingerprint density at radius 3 is 0.810 bits per heavy atom. The monoisotopic (exact) mass is 314 g/mol. The molecule has 0 unspecified atom stereocenters. The summed E-state index contributed by atoms with van der Waals surface area (Å²) in [6, 6.07) is 0. The van der Waals surface area contributed by atoms with Crippen LogP contribution >= 0.6 is 0 Å². The van der Waals surface area contributed by atoms with Crippen molar-refractivity contribution in [2.75, 3.05) is 86.4 Å². The molecule has 0 aliphatic rings. The van der Waals surface area contributed by atoms with Gasteiger partial charge in [0.15, 0.2) is 0 Å². The highest BCUT2D eigenvalue weighted by Gasteiger charge is 1.92. The van der Waals surface area contributed by atoms with Gasteiger partial charge in [-0.15, -0.1) is 0 Å². The van der Waals surface area contributed by atoms with Crippen molar-refractivity contribution in [3.05, 3.63) is 0 Å². The van der Waals surface area contributed by atoms with Gasteiger partial charge in [0.2, 0.25) is 0 Å². The summed E-state index contributed by atoms with van der Waals surface area (Å²) in [5.41, 5.74) is 0. The van der Waals surface area contributed by atoms with Gasteiger partial charge in [-0.1, -0.05) is 0 Å². The Kier molecular flexibility index (Phi) is 27.0. The molecule has 8 nitrogen and oxygen atoms in total. The van der Waals surface area contributed by atoms with Crippen molar-refractivity contribution >= 4 is 0 Å². The summed E-state index contributed by atoms with van der Waals surface area (Å²) in [4.78, 5) is 0. The van der Waals surface area contributed by atoms with E-state index in [4.69, 9.17) is 39.0 Å². The highest BCUT2D eigenvalue weighted by Crippen LogP contribution is 1.83. The second-order valence-corrected chi connectivity index (χ2v) is 3.51. The minimum atomic E-state index is 0.0359. The van der Waals surface area contributed by atoms with Crippen LogP contribution in [0.4, 0.5) is 0 Å². The zero-order valence-electron chi connectivity index (χ0n) is 12.9. The molecule has 0 aromatic heterocycles. The standard InChI is InChI=1S/C12H26O7.CH4O/c13-1-3-15-5-7-17-9-11-19-12-10-18-8-6-16-4-2-14;1-2/h13-14H,1-12H2;2H,1H3. The number of hydrogen-bond donors (Lipinski definition) is 3. The lowest BCUT2D eigenvalue weighted by atomic mass is 10.7. The second-order valence-electron chi connectivity index (χ2n) is 3.51. The van der Waals surface area contributed by atoms with Crippen molar-refractivity contribution in [3.8, 4) is 0 Å². The molecule has 0 rings (SSSR count). The fourth-order valence-corrected chi connectivity index (χ4v) is 1.11. The van der Waals surface area contributed by atoms with E-state index in [1.54, 1.807) is 0 Å². The molecular formula is C13H30O8. The number of ether oxygens (including phenoxy) is 5. The van der Waals surface area contributed by atoms with Crippen LogP contribution in [-0.4, -0.2) is 102 Å². The lowest BCUT2D eigenvalue weighted by Crippen LogP contribution is -2.14. The molecule has 21 heavy (non-hydrogen) atoms. The third-order valence-corrected chi connectivity index (χ3v) is 1.96. The normalized spacial score (nSPS) is 10.3. The Morgan fingerprint density at radius 1 is 0.429 bits per heavy atom. The van der Waals surface area contributed by atoms with Gasteiger partial charge in [-0.2, -0.15) is 0 Å². The van der Waals surface area contributed by atoms with Gasteiger partial charge in [0, 0.05) is 7.11 Å². The van der Waals surface area contributed by atoms with E-state index in [0.29, 0.717) is 66.1 Å².